The highest BCUT2D eigenvalue weighted by molar-refractivity contribution is 7.13. The first-order valence-electron chi connectivity index (χ1n) is 7.98. The molecule has 1 amide bonds. The Hall–Kier alpha value is -1.61. The van der Waals surface area contributed by atoms with Crippen molar-refractivity contribution in [2.45, 2.75) is 33.1 Å². The summed E-state index contributed by atoms with van der Waals surface area (Å²) in [4.78, 5) is 13.5. The third-order valence-electron chi connectivity index (χ3n) is 4.94. The number of nitrogens with one attached hydrogen (secondary N) is 1. The lowest BCUT2D eigenvalue weighted by atomic mass is 9.82. The first-order chi connectivity index (χ1) is 10.6. The fourth-order valence-corrected chi connectivity index (χ4v) is 4.06. The Kier molecular flexibility index (Phi) is 4.34. The van der Waals surface area contributed by atoms with Crippen LogP contribution in [0.1, 0.15) is 43.5 Å². The molecule has 1 aromatic heterocycles. The van der Waals surface area contributed by atoms with Crippen LogP contribution < -0.4 is 5.32 Å². The van der Waals surface area contributed by atoms with Gasteiger partial charge in [-0.2, -0.15) is 0 Å². The highest BCUT2D eigenvalue weighted by Gasteiger charge is 2.34. The molecule has 0 saturated heterocycles. The van der Waals surface area contributed by atoms with Gasteiger partial charge in [-0.05, 0) is 53.3 Å². The third kappa shape index (κ3) is 3.25. The van der Waals surface area contributed by atoms with Gasteiger partial charge in [-0.15, -0.1) is 11.3 Å². The number of amides is 1. The minimum absolute atomic E-state index is 0.0421. The molecular weight excluding hydrogens is 290 g/mol. The SMILES string of the molecule is CC1(C)CCCC1CNC(=O)c1ccc(-c2cccs2)cc1. The van der Waals surface area contributed by atoms with E-state index < -0.39 is 0 Å². The van der Waals surface area contributed by atoms with Crippen molar-refractivity contribution >= 4 is 17.2 Å². The van der Waals surface area contributed by atoms with Crippen molar-refractivity contribution in [3.63, 3.8) is 0 Å². The van der Waals surface area contributed by atoms with Gasteiger partial charge in [0, 0.05) is 17.0 Å². The van der Waals surface area contributed by atoms with Crippen LogP contribution in [0, 0.1) is 11.3 Å². The minimum atomic E-state index is 0.0421. The molecule has 1 unspecified atom stereocenters. The summed E-state index contributed by atoms with van der Waals surface area (Å²) in [5.41, 5.74) is 2.27. The highest BCUT2D eigenvalue weighted by Crippen LogP contribution is 2.42. The summed E-state index contributed by atoms with van der Waals surface area (Å²) in [5.74, 6) is 0.641. The van der Waals surface area contributed by atoms with Crippen molar-refractivity contribution in [1.82, 2.24) is 5.32 Å². The van der Waals surface area contributed by atoms with Crippen LogP contribution in [0.3, 0.4) is 0 Å². The topological polar surface area (TPSA) is 29.1 Å². The molecule has 1 N–H and O–H groups in total. The molecule has 0 aliphatic heterocycles. The fraction of sp³-hybridized carbons (Fsp3) is 0.421. The predicted molar refractivity (Wildman–Crippen MR) is 93.2 cm³/mol. The van der Waals surface area contributed by atoms with Gasteiger partial charge >= 0.3 is 0 Å². The molecule has 116 valence electrons. The number of benzene rings is 1. The van der Waals surface area contributed by atoms with Crippen LogP contribution in [0.4, 0.5) is 0 Å². The van der Waals surface area contributed by atoms with E-state index >= 15 is 0 Å². The molecule has 3 heteroatoms. The van der Waals surface area contributed by atoms with Crippen LogP contribution in [0.2, 0.25) is 0 Å². The smallest absolute Gasteiger partial charge is 0.251 e. The molecule has 1 aromatic carbocycles. The molecule has 1 saturated carbocycles. The summed E-state index contributed by atoms with van der Waals surface area (Å²) in [6, 6.07) is 12.0. The van der Waals surface area contributed by atoms with Crippen LogP contribution >= 0.6 is 11.3 Å². The van der Waals surface area contributed by atoms with Crippen molar-refractivity contribution < 1.29 is 4.79 Å². The van der Waals surface area contributed by atoms with Gasteiger partial charge in [0.25, 0.3) is 5.91 Å². The minimum Gasteiger partial charge on any atom is -0.352 e. The maximum atomic E-state index is 12.3. The van der Waals surface area contributed by atoms with E-state index in [0.717, 1.165) is 12.1 Å². The average Bonchev–Trinajstić information content (AvgIpc) is 3.14. The van der Waals surface area contributed by atoms with E-state index in [1.807, 2.05) is 30.3 Å². The van der Waals surface area contributed by atoms with Crippen molar-refractivity contribution in [3.05, 3.63) is 47.3 Å². The zero-order chi connectivity index (χ0) is 15.6. The second-order valence-corrected chi connectivity index (χ2v) is 7.79. The standard InChI is InChI=1S/C19H23NOS/c1-19(2)11-3-5-16(19)13-20-18(21)15-9-7-14(8-10-15)17-6-4-12-22-17/h4,6-10,12,16H,3,5,11,13H2,1-2H3,(H,20,21). The van der Waals surface area contributed by atoms with Crippen LogP contribution in [-0.2, 0) is 0 Å². The quantitative estimate of drug-likeness (QED) is 0.848. The second-order valence-electron chi connectivity index (χ2n) is 6.84. The largest absolute Gasteiger partial charge is 0.352 e. The molecule has 0 spiro atoms. The first-order valence-corrected chi connectivity index (χ1v) is 8.86. The number of rotatable bonds is 4. The predicted octanol–water partition coefficient (Wildman–Crippen LogP) is 4.97. The normalized spacial score (nSPS) is 20.0. The Morgan fingerprint density at radius 1 is 1.27 bits per heavy atom. The van der Waals surface area contributed by atoms with Gasteiger partial charge in [0.2, 0.25) is 0 Å². The van der Waals surface area contributed by atoms with Crippen molar-refractivity contribution in [1.29, 1.82) is 0 Å². The van der Waals surface area contributed by atoms with Gasteiger partial charge in [-0.25, -0.2) is 0 Å². The lowest BCUT2D eigenvalue weighted by Gasteiger charge is -2.27. The maximum Gasteiger partial charge on any atom is 0.251 e. The molecule has 2 nitrogen and oxygen atoms in total. The Balaban J connectivity index is 1.61. The van der Waals surface area contributed by atoms with Crippen molar-refractivity contribution in [2.75, 3.05) is 6.54 Å². The van der Waals surface area contributed by atoms with Gasteiger partial charge in [-0.3, -0.25) is 4.79 Å². The molecule has 1 heterocycles. The van der Waals surface area contributed by atoms with E-state index in [9.17, 15) is 4.79 Å². The van der Waals surface area contributed by atoms with Crippen LogP contribution in [0.5, 0.6) is 0 Å². The van der Waals surface area contributed by atoms with Crippen LogP contribution in [0.15, 0.2) is 41.8 Å². The summed E-state index contributed by atoms with van der Waals surface area (Å²) in [6.07, 6.45) is 3.77. The molecule has 1 aliphatic carbocycles. The number of hydrogen-bond acceptors (Lipinski definition) is 2. The van der Waals surface area contributed by atoms with Crippen LogP contribution in [0.25, 0.3) is 10.4 Å². The molecule has 1 fully saturated rings. The Morgan fingerprint density at radius 2 is 2.05 bits per heavy atom. The fourth-order valence-electron chi connectivity index (χ4n) is 3.32. The van der Waals surface area contributed by atoms with Gasteiger partial charge < -0.3 is 5.32 Å². The lowest BCUT2D eigenvalue weighted by molar-refractivity contribution is 0.0937. The first kappa shape index (κ1) is 15.3. The zero-order valence-corrected chi connectivity index (χ0v) is 14.1. The number of thiophene rings is 1. The molecular formula is C19H23NOS. The Bertz CT molecular complexity index is 628. The van der Waals surface area contributed by atoms with E-state index in [2.05, 4.69) is 30.6 Å². The van der Waals surface area contributed by atoms with Crippen molar-refractivity contribution in [2.24, 2.45) is 11.3 Å². The number of carbonyl (C=O) groups excluding carboxylic acids is 1. The van der Waals surface area contributed by atoms with E-state index in [1.165, 1.54) is 29.7 Å². The van der Waals surface area contributed by atoms with E-state index in [0.29, 0.717) is 11.3 Å². The molecule has 3 rings (SSSR count). The van der Waals surface area contributed by atoms with Gasteiger partial charge in [0.1, 0.15) is 0 Å². The van der Waals surface area contributed by atoms with Crippen molar-refractivity contribution in [3.8, 4) is 10.4 Å². The molecule has 22 heavy (non-hydrogen) atoms. The molecule has 1 atom stereocenters. The molecule has 2 aromatic rings. The van der Waals surface area contributed by atoms with Gasteiger partial charge in [0.05, 0.1) is 0 Å². The molecule has 0 radical (unpaired) electrons. The summed E-state index contributed by atoms with van der Waals surface area (Å²) in [6.45, 7) is 5.41. The molecule has 1 aliphatic rings. The number of carbonyl (C=O) groups is 1. The highest BCUT2D eigenvalue weighted by atomic mass is 32.1. The summed E-state index contributed by atoms with van der Waals surface area (Å²) in [5, 5.41) is 5.18. The Labute approximate surface area is 136 Å². The average molecular weight is 313 g/mol. The molecule has 0 bridgehead atoms. The summed E-state index contributed by atoms with van der Waals surface area (Å²) < 4.78 is 0. The summed E-state index contributed by atoms with van der Waals surface area (Å²) >= 11 is 1.72. The zero-order valence-electron chi connectivity index (χ0n) is 13.3. The van der Waals surface area contributed by atoms with E-state index in [-0.39, 0.29) is 5.91 Å². The maximum absolute atomic E-state index is 12.3. The van der Waals surface area contributed by atoms with E-state index in [4.69, 9.17) is 0 Å². The summed E-state index contributed by atoms with van der Waals surface area (Å²) in [7, 11) is 0. The van der Waals surface area contributed by atoms with Crippen LogP contribution in [-0.4, -0.2) is 12.5 Å². The number of hydrogen-bond donors (Lipinski definition) is 1. The monoisotopic (exact) mass is 313 g/mol. The van der Waals surface area contributed by atoms with Gasteiger partial charge in [-0.1, -0.05) is 38.5 Å². The van der Waals surface area contributed by atoms with Gasteiger partial charge in [0.15, 0.2) is 0 Å². The Morgan fingerprint density at radius 3 is 2.64 bits per heavy atom. The van der Waals surface area contributed by atoms with E-state index in [1.54, 1.807) is 11.3 Å². The lowest BCUT2D eigenvalue weighted by Crippen LogP contribution is -2.33. The second kappa shape index (κ2) is 6.25. The third-order valence-corrected chi connectivity index (χ3v) is 5.86.